The van der Waals surface area contributed by atoms with Gasteiger partial charge in [-0.05, 0) is 39.9 Å². The molecule has 0 bridgehead atoms. The molecule has 0 amide bonds. The number of aliphatic hydroxyl groups is 1. The molecule has 0 radical (unpaired) electrons. The number of nitrogens with one attached hydrogen (secondary N) is 1. The molecule has 4 N–H and O–H groups in total. The minimum atomic E-state index is 0. The molecule has 0 rings (SSSR count). The van der Waals surface area contributed by atoms with Gasteiger partial charge in [-0.25, -0.2) is 0 Å². The van der Waals surface area contributed by atoms with E-state index in [9.17, 15) is 4.79 Å². The average molecular weight is 312 g/mol. The number of carbonyl (C=O) groups excluding carboxylic acids is 1. The lowest BCUT2D eigenvalue weighted by molar-refractivity contribution is -0.108. The number of ether oxygens (including phenoxy) is 3. The zero-order chi connectivity index (χ0) is 16.6. The number of carbonyl (C=O) groups is 1. The van der Waals surface area contributed by atoms with Crippen molar-refractivity contribution in [3.05, 3.63) is 0 Å². The van der Waals surface area contributed by atoms with Gasteiger partial charge in [-0.2, -0.15) is 0 Å². The first kappa shape index (κ1) is 25.4. The van der Waals surface area contributed by atoms with Crippen molar-refractivity contribution in [3.8, 4) is 0 Å². The van der Waals surface area contributed by atoms with Gasteiger partial charge < -0.3 is 35.2 Å². The Bertz CT molecular complexity index is 160. The van der Waals surface area contributed by atoms with E-state index in [1.807, 2.05) is 7.05 Å². The summed E-state index contributed by atoms with van der Waals surface area (Å²) in [5.74, 6) is 0. The maximum atomic E-state index is 9.73. The Morgan fingerprint density at radius 1 is 1.14 bits per heavy atom. The van der Waals surface area contributed by atoms with Crippen LogP contribution in [0, 0.1) is 0 Å². The normalized spacial score (nSPS) is 9.19. The summed E-state index contributed by atoms with van der Waals surface area (Å²) >= 11 is 0. The van der Waals surface area contributed by atoms with Crippen LogP contribution in [0.15, 0.2) is 0 Å². The van der Waals surface area contributed by atoms with Crippen LogP contribution in [0.2, 0.25) is 0 Å². The number of unbranched alkanes of at least 4 members (excludes halogenated alkanes) is 2. The second-order valence-corrected chi connectivity index (χ2v) is 3.77. The Morgan fingerprint density at radius 2 is 1.81 bits per heavy atom. The van der Waals surface area contributed by atoms with Gasteiger partial charge in [-0.15, -0.1) is 0 Å². The molecule has 0 heterocycles. The van der Waals surface area contributed by atoms with Gasteiger partial charge >= 0.3 is 0 Å². The van der Waals surface area contributed by atoms with Crippen LogP contribution in [-0.2, 0) is 19.0 Å². The zero-order valence-electron chi connectivity index (χ0n) is 13.8. The molecule has 0 atom stereocenters. The third-order valence-electron chi connectivity index (χ3n) is 2.01. The summed E-state index contributed by atoms with van der Waals surface area (Å²) < 4.78 is 14.7. The van der Waals surface area contributed by atoms with Crippen molar-refractivity contribution in [3.63, 3.8) is 0 Å². The summed E-state index contributed by atoms with van der Waals surface area (Å²) in [5.41, 5.74) is 4.50. The molecule has 0 aromatic rings. The third kappa shape index (κ3) is 38.2. The number of aliphatic hydroxyl groups excluding tert-OH is 1. The highest BCUT2D eigenvalue weighted by Gasteiger charge is 1.86. The molecule has 0 aliphatic heterocycles. The van der Waals surface area contributed by atoms with Gasteiger partial charge in [0.05, 0.1) is 13.2 Å². The van der Waals surface area contributed by atoms with E-state index < -0.39 is 0 Å². The lowest BCUT2D eigenvalue weighted by Gasteiger charge is -2.01. The minimum absolute atomic E-state index is 0. The Balaban J connectivity index is -0.000000127. The highest BCUT2D eigenvalue weighted by Crippen LogP contribution is 1.87. The number of rotatable bonds is 13. The molecular weight excluding hydrogens is 276 g/mol. The number of aldehydes is 1. The number of methoxy groups -OCH3 is 1. The Labute approximate surface area is 130 Å². The topological polar surface area (TPSA) is 103 Å². The van der Waals surface area contributed by atoms with Crippen molar-refractivity contribution in [1.82, 2.24) is 5.32 Å². The Morgan fingerprint density at radius 3 is 2.33 bits per heavy atom. The van der Waals surface area contributed by atoms with Crippen molar-refractivity contribution in [2.24, 2.45) is 5.73 Å². The molecule has 0 fully saturated rings. The summed E-state index contributed by atoms with van der Waals surface area (Å²) in [4.78, 5) is 9.73. The van der Waals surface area contributed by atoms with Crippen molar-refractivity contribution in [2.75, 3.05) is 61.0 Å². The van der Waals surface area contributed by atoms with Gasteiger partial charge in [0, 0.05) is 28.2 Å². The van der Waals surface area contributed by atoms with Crippen LogP contribution in [0.25, 0.3) is 0 Å². The molecule has 0 aromatic heterocycles. The largest absolute Gasteiger partial charge is 0.394 e. The quantitative estimate of drug-likeness (QED) is 0.257. The number of nitrogens with two attached hydrogens (primary N) is 1. The minimum Gasteiger partial charge on any atom is -0.394 e. The molecule has 0 saturated carbocycles. The van der Waals surface area contributed by atoms with Gasteiger partial charge in [0.25, 0.3) is 0 Å². The van der Waals surface area contributed by atoms with Crippen LogP contribution in [0.5, 0.6) is 0 Å². The van der Waals surface area contributed by atoms with Crippen LogP contribution in [-0.4, -0.2) is 72.4 Å². The highest BCUT2D eigenvalue weighted by molar-refractivity contribution is 5.48. The molecule has 0 aromatic carbocycles. The smallest absolute Gasteiger partial charge is 0.146 e. The third-order valence-corrected chi connectivity index (χ3v) is 2.01. The maximum Gasteiger partial charge on any atom is 0.146 e. The molecule has 0 aliphatic carbocycles. The van der Waals surface area contributed by atoms with E-state index in [0.29, 0.717) is 26.4 Å². The van der Waals surface area contributed by atoms with Gasteiger partial charge in [0.1, 0.15) is 13.1 Å². The van der Waals surface area contributed by atoms with Gasteiger partial charge in [-0.1, -0.05) is 0 Å². The Hall–Kier alpha value is -0.570. The first-order valence-corrected chi connectivity index (χ1v) is 7.24. The van der Waals surface area contributed by atoms with E-state index in [1.54, 1.807) is 7.11 Å². The van der Waals surface area contributed by atoms with E-state index in [4.69, 9.17) is 19.3 Å². The fourth-order valence-electron chi connectivity index (χ4n) is 1.08. The molecular formula is C14H36N2O5. The summed E-state index contributed by atoms with van der Waals surface area (Å²) in [7, 11) is 5.09. The van der Waals surface area contributed by atoms with Crippen molar-refractivity contribution < 1.29 is 25.5 Å². The fourth-order valence-corrected chi connectivity index (χ4v) is 1.08. The fraction of sp³-hybridized carbons (Fsp3) is 0.929. The van der Waals surface area contributed by atoms with E-state index in [2.05, 4.69) is 11.1 Å². The molecule has 21 heavy (non-hydrogen) atoms. The van der Waals surface area contributed by atoms with Crippen LogP contribution >= 0.6 is 0 Å². The number of hydrogen-bond donors (Lipinski definition) is 3. The van der Waals surface area contributed by atoms with Crippen molar-refractivity contribution in [1.29, 1.82) is 0 Å². The van der Waals surface area contributed by atoms with Crippen molar-refractivity contribution in [2.45, 2.75) is 25.7 Å². The van der Waals surface area contributed by atoms with E-state index >= 15 is 0 Å². The lowest BCUT2D eigenvalue weighted by atomic mass is 10.3. The second kappa shape index (κ2) is 31.7. The van der Waals surface area contributed by atoms with E-state index in [0.717, 1.165) is 32.3 Å². The monoisotopic (exact) mass is 312 g/mol. The zero-order valence-corrected chi connectivity index (χ0v) is 13.8. The predicted molar refractivity (Wildman–Crippen MR) is 86.4 cm³/mol. The van der Waals surface area contributed by atoms with Gasteiger partial charge in [0.2, 0.25) is 0 Å². The predicted octanol–water partition coefficient (Wildman–Crippen LogP) is 0.402. The molecule has 0 aliphatic rings. The molecule has 0 unspecified atom stereocenters. The second-order valence-electron chi connectivity index (χ2n) is 3.77. The van der Waals surface area contributed by atoms with Gasteiger partial charge in [-0.3, -0.25) is 0 Å². The molecule has 0 spiro atoms. The molecule has 132 valence electrons. The summed E-state index contributed by atoms with van der Waals surface area (Å²) in [6.45, 7) is 3.28. The van der Waals surface area contributed by atoms with Gasteiger partial charge in [0.15, 0.2) is 0 Å². The first-order chi connectivity index (χ1) is 10.3. The van der Waals surface area contributed by atoms with Crippen LogP contribution in [0.3, 0.4) is 0 Å². The maximum absolute atomic E-state index is 9.73. The van der Waals surface area contributed by atoms with Crippen molar-refractivity contribution >= 4 is 6.29 Å². The van der Waals surface area contributed by atoms with Crippen LogP contribution in [0.1, 0.15) is 27.1 Å². The summed E-state index contributed by atoms with van der Waals surface area (Å²) in [5, 5.41) is 11.3. The SMILES string of the molecule is CN.CNCCCCOCOC.O=CCCCOCCO.[HH]. The van der Waals surface area contributed by atoms with E-state index in [-0.39, 0.29) is 8.03 Å². The molecule has 7 nitrogen and oxygen atoms in total. The average Bonchev–Trinajstić information content (AvgIpc) is 2.53. The standard InChI is InChI=1S/C7H17NO2.C6H12O3.CH5N.H2/c1-8-5-3-4-6-10-7-9-2;7-3-1-2-5-9-6-4-8;1-2;/h8H,3-7H2,1-2H3;3,8H,1-2,4-6H2;2H2,1H3;1H. The lowest BCUT2D eigenvalue weighted by Crippen LogP contribution is -2.08. The molecule has 7 heteroatoms. The number of hydrogen-bond acceptors (Lipinski definition) is 7. The molecule has 0 saturated heterocycles. The first-order valence-electron chi connectivity index (χ1n) is 7.24. The van der Waals surface area contributed by atoms with E-state index in [1.165, 1.54) is 13.5 Å². The van der Waals surface area contributed by atoms with Crippen LogP contribution < -0.4 is 11.1 Å². The Kier molecular flexibility index (Phi) is 38.3. The summed E-state index contributed by atoms with van der Waals surface area (Å²) in [6.07, 6.45) is 4.43. The highest BCUT2D eigenvalue weighted by atomic mass is 16.7. The van der Waals surface area contributed by atoms with Crippen LogP contribution in [0.4, 0.5) is 0 Å². The summed E-state index contributed by atoms with van der Waals surface area (Å²) in [6, 6.07) is 0.